The molecule has 1 N–H and O–H groups in total. The molecule has 196 valence electrons. The van der Waals surface area contributed by atoms with Gasteiger partial charge in [-0.15, -0.1) is 0 Å². The van der Waals surface area contributed by atoms with Crippen molar-refractivity contribution >= 4 is 11.8 Å². The van der Waals surface area contributed by atoms with Crippen LogP contribution in [0.25, 0.3) is 0 Å². The Morgan fingerprint density at radius 1 is 0.973 bits per heavy atom. The number of carbonyl (C=O) groups excluding carboxylic acids is 2. The molecule has 1 aromatic heterocycles. The van der Waals surface area contributed by atoms with Crippen LogP contribution in [0.1, 0.15) is 53.4 Å². The van der Waals surface area contributed by atoms with Gasteiger partial charge in [0.05, 0.1) is 27.6 Å². The van der Waals surface area contributed by atoms with Crippen LogP contribution in [0.5, 0.6) is 17.2 Å². The maximum atomic E-state index is 13.9. The number of carbonyl (C=O) groups is 2. The molecule has 2 aromatic carbocycles. The van der Waals surface area contributed by atoms with E-state index < -0.39 is 6.04 Å². The first kappa shape index (κ1) is 26.1. The maximum Gasteiger partial charge on any atom is 0.290 e. The van der Waals surface area contributed by atoms with Gasteiger partial charge >= 0.3 is 0 Å². The second kappa shape index (κ2) is 12.3. The van der Waals surface area contributed by atoms with Gasteiger partial charge in [-0.3, -0.25) is 9.59 Å². The maximum absolute atomic E-state index is 13.9. The molecule has 0 unspecified atom stereocenters. The van der Waals surface area contributed by atoms with Gasteiger partial charge in [0, 0.05) is 12.6 Å². The summed E-state index contributed by atoms with van der Waals surface area (Å²) in [6.45, 7) is 0.295. The van der Waals surface area contributed by atoms with Crippen molar-refractivity contribution in [2.24, 2.45) is 0 Å². The molecule has 0 spiro atoms. The van der Waals surface area contributed by atoms with E-state index in [0.717, 1.165) is 31.2 Å². The minimum absolute atomic E-state index is 0.0757. The third-order valence-electron chi connectivity index (χ3n) is 6.74. The minimum Gasteiger partial charge on any atom is -0.493 e. The Bertz CT molecular complexity index is 1150. The van der Waals surface area contributed by atoms with Crippen molar-refractivity contribution in [2.45, 2.75) is 44.2 Å². The zero-order chi connectivity index (χ0) is 26.2. The van der Waals surface area contributed by atoms with Crippen LogP contribution in [-0.2, 0) is 11.2 Å². The fourth-order valence-corrected chi connectivity index (χ4v) is 4.87. The molecule has 8 heteroatoms. The first-order valence-corrected chi connectivity index (χ1v) is 12.5. The van der Waals surface area contributed by atoms with E-state index in [1.807, 2.05) is 30.3 Å². The van der Waals surface area contributed by atoms with Gasteiger partial charge in [0.2, 0.25) is 11.7 Å². The molecule has 1 aliphatic rings. The molecule has 2 amide bonds. The van der Waals surface area contributed by atoms with Crippen LogP contribution < -0.4 is 19.5 Å². The lowest BCUT2D eigenvalue weighted by Gasteiger charge is -2.32. The van der Waals surface area contributed by atoms with Crippen molar-refractivity contribution < 1.29 is 28.2 Å². The summed E-state index contributed by atoms with van der Waals surface area (Å²) in [7, 11) is 4.57. The van der Waals surface area contributed by atoms with Crippen LogP contribution in [-0.4, -0.2) is 50.6 Å². The second-order valence-electron chi connectivity index (χ2n) is 9.06. The molecule has 1 heterocycles. The monoisotopic (exact) mass is 506 g/mol. The van der Waals surface area contributed by atoms with Gasteiger partial charge in [-0.25, -0.2) is 0 Å². The Hall–Kier alpha value is -3.94. The molecule has 3 aromatic rings. The van der Waals surface area contributed by atoms with Crippen LogP contribution >= 0.6 is 0 Å². The van der Waals surface area contributed by atoms with Crippen LogP contribution in [0, 0.1) is 0 Å². The molecule has 37 heavy (non-hydrogen) atoms. The summed E-state index contributed by atoms with van der Waals surface area (Å²) >= 11 is 0. The van der Waals surface area contributed by atoms with Crippen molar-refractivity contribution in [3.05, 3.63) is 77.7 Å². The lowest BCUT2D eigenvalue weighted by Crippen LogP contribution is -2.46. The van der Waals surface area contributed by atoms with Gasteiger partial charge in [-0.05, 0) is 54.7 Å². The van der Waals surface area contributed by atoms with E-state index >= 15 is 0 Å². The fourth-order valence-electron chi connectivity index (χ4n) is 4.87. The number of nitrogens with zero attached hydrogens (tertiary/aromatic N) is 1. The third-order valence-corrected chi connectivity index (χ3v) is 6.74. The molecular weight excluding hydrogens is 472 g/mol. The van der Waals surface area contributed by atoms with E-state index in [4.69, 9.17) is 18.6 Å². The van der Waals surface area contributed by atoms with Crippen LogP contribution in [0.2, 0.25) is 0 Å². The summed E-state index contributed by atoms with van der Waals surface area (Å²) in [5, 5.41) is 3.18. The average Bonchev–Trinajstić information content (AvgIpc) is 3.65. The first-order valence-electron chi connectivity index (χ1n) is 12.5. The van der Waals surface area contributed by atoms with Gasteiger partial charge in [-0.1, -0.05) is 43.2 Å². The molecule has 8 nitrogen and oxygen atoms in total. The highest BCUT2D eigenvalue weighted by molar-refractivity contribution is 5.96. The molecule has 1 atom stereocenters. The summed E-state index contributed by atoms with van der Waals surface area (Å²) < 4.78 is 22.1. The van der Waals surface area contributed by atoms with E-state index in [-0.39, 0.29) is 23.6 Å². The lowest BCUT2D eigenvalue weighted by molar-refractivity contribution is -0.126. The first-order chi connectivity index (χ1) is 18.0. The van der Waals surface area contributed by atoms with Gasteiger partial charge in [0.15, 0.2) is 17.3 Å². The number of hydrogen-bond acceptors (Lipinski definition) is 6. The highest BCUT2D eigenvalue weighted by atomic mass is 16.5. The van der Waals surface area contributed by atoms with Gasteiger partial charge in [-0.2, -0.15) is 0 Å². The zero-order valence-electron chi connectivity index (χ0n) is 21.6. The Morgan fingerprint density at radius 3 is 2.22 bits per heavy atom. The Balaban J connectivity index is 1.79. The third kappa shape index (κ3) is 6.07. The molecule has 1 fully saturated rings. The van der Waals surface area contributed by atoms with Crippen LogP contribution in [0.3, 0.4) is 0 Å². The molecule has 0 bridgehead atoms. The van der Waals surface area contributed by atoms with Gasteiger partial charge in [0.1, 0.15) is 6.04 Å². The normalized spacial score (nSPS) is 14.1. The standard InChI is InChI=1S/C29H34N2O6/c1-34-24-18-21(19-25(35-2)27(24)36-3)26(28(32)30-22-12-7-8-13-22)31(29(33)23-14-9-17-37-23)16-15-20-10-5-4-6-11-20/h4-6,9-11,14,17-19,22,26H,7-8,12-13,15-16H2,1-3H3,(H,30,32)/t26-/m0/s1. The molecule has 1 saturated carbocycles. The van der Waals surface area contributed by atoms with E-state index in [1.54, 1.807) is 29.2 Å². The van der Waals surface area contributed by atoms with Crippen molar-refractivity contribution in [1.29, 1.82) is 0 Å². The SMILES string of the molecule is COc1cc([C@@H](C(=O)NC2CCCC2)N(CCc2ccccc2)C(=O)c2ccco2)cc(OC)c1OC. The smallest absolute Gasteiger partial charge is 0.290 e. The highest BCUT2D eigenvalue weighted by Gasteiger charge is 2.35. The summed E-state index contributed by atoms with van der Waals surface area (Å²) in [6, 6.07) is 15.7. The summed E-state index contributed by atoms with van der Waals surface area (Å²) in [5.41, 5.74) is 1.61. The number of furan rings is 1. The Kier molecular flexibility index (Phi) is 8.72. The Morgan fingerprint density at radius 2 is 1.65 bits per heavy atom. The summed E-state index contributed by atoms with van der Waals surface area (Å²) in [6.07, 6.45) is 6.00. The molecule has 0 saturated heterocycles. The van der Waals surface area contributed by atoms with Crippen molar-refractivity contribution in [3.63, 3.8) is 0 Å². The van der Waals surface area contributed by atoms with Crippen LogP contribution in [0.4, 0.5) is 0 Å². The fraction of sp³-hybridized carbons (Fsp3) is 0.379. The predicted octanol–water partition coefficient (Wildman–Crippen LogP) is 4.79. The molecule has 1 aliphatic carbocycles. The number of hydrogen-bond donors (Lipinski definition) is 1. The second-order valence-corrected chi connectivity index (χ2v) is 9.06. The number of amides is 2. The summed E-state index contributed by atoms with van der Waals surface area (Å²) in [4.78, 5) is 29.3. The van der Waals surface area contributed by atoms with E-state index in [0.29, 0.717) is 35.8 Å². The number of benzene rings is 2. The predicted molar refractivity (Wildman–Crippen MR) is 139 cm³/mol. The van der Waals surface area contributed by atoms with Crippen molar-refractivity contribution in [3.8, 4) is 17.2 Å². The number of ether oxygens (including phenoxy) is 3. The molecule has 4 rings (SSSR count). The lowest BCUT2D eigenvalue weighted by atomic mass is 10.0. The van der Waals surface area contributed by atoms with Crippen molar-refractivity contribution in [1.82, 2.24) is 10.2 Å². The zero-order valence-corrected chi connectivity index (χ0v) is 21.6. The highest BCUT2D eigenvalue weighted by Crippen LogP contribution is 2.41. The molecule has 0 aliphatic heterocycles. The number of methoxy groups -OCH3 is 3. The average molecular weight is 507 g/mol. The molecule has 0 radical (unpaired) electrons. The Labute approximate surface area is 217 Å². The van der Waals surface area contributed by atoms with Gasteiger partial charge < -0.3 is 28.8 Å². The molecular formula is C29H34N2O6. The van der Waals surface area contributed by atoms with E-state index in [9.17, 15) is 9.59 Å². The van der Waals surface area contributed by atoms with Crippen molar-refractivity contribution in [2.75, 3.05) is 27.9 Å². The van der Waals surface area contributed by atoms with E-state index in [2.05, 4.69) is 5.32 Å². The number of nitrogens with one attached hydrogen (secondary N) is 1. The minimum atomic E-state index is -0.949. The van der Waals surface area contributed by atoms with Gasteiger partial charge in [0.25, 0.3) is 5.91 Å². The number of rotatable bonds is 11. The quantitative estimate of drug-likeness (QED) is 0.402. The topological polar surface area (TPSA) is 90.2 Å². The van der Waals surface area contributed by atoms with E-state index in [1.165, 1.54) is 27.6 Å². The van der Waals surface area contributed by atoms with Crippen LogP contribution in [0.15, 0.2) is 65.3 Å². The largest absolute Gasteiger partial charge is 0.493 e. The summed E-state index contributed by atoms with van der Waals surface area (Å²) in [5.74, 6) is 0.763.